The van der Waals surface area contributed by atoms with Gasteiger partial charge in [0.05, 0.1) is 5.69 Å². The summed E-state index contributed by atoms with van der Waals surface area (Å²) < 4.78 is 36.9. The molecule has 1 aromatic rings. The molecule has 0 saturated carbocycles. The van der Waals surface area contributed by atoms with E-state index >= 15 is 0 Å². The van der Waals surface area contributed by atoms with Gasteiger partial charge in [0.2, 0.25) is 6.67 Å². The van der Waals surface area contributed by atoms with Crippen molar-refractivity contribution < 1.29 is 13.2 Å². The van der Waals surface area contributed by atoms with E-state index in [9.17, 15) is 13.2 Å². The summed E-state index contributed by atoms with van der Waals surface area (Å²) in [7, 11) is 0. The minimum absolute atomic E-state index is 0.0197. The number of halogens is 3. The van der Waals surface area contributed by atoms with Crippen LogP contribution in [0.25, 0.3) is 0 Å². The SMILES string of the molecule is FC(F)(F)C1=N[C]Nc2c[nH]cc21. The first kappa shape index (κ1) is 8.15. The zero-order valence-corrected chi connectivity index (χ0v) is 6.24. The molecule has 3 nitrogen and oxygen atoms in total. The fourth-order valence-electron chi connectivity index (χ4n) is 1.08. The van der Waals surface area contributed by atoms with E-state index < -0.39 is 11.9 Å². The molecule has 0 aromatic carbocycles. The van der Waals surface area contributed by atoms with Gasteiger partial charge >= 0.3 is 6.18 Å². The Balaban J connectivity index is 2.47. The highest BCUT2D eigenvalue weighted by Gasteiger charge is 2.39. The van der Waals surface area contributed by atoms with Crippen LogP contribution in [0.3, 0.4) is 0 Å². The number of rotatable bonds is 0. The number of nitrogens with zero attached hydrogens (tertiary/aromatic N) is 1. The molecule has 1 aliphatic rings. The van der Waals surface area contributed by atoms with Crippen molar-refractivity contribution in [2.24, 2.45) is 4.99 Å². The molecule has 1 aromatic heterocycles. The van der Waals surface area contributed by atoms with Crippen molar-refractivity contribution in [3.63, 3.8) is 0 Å². The van der Waals surface area contributed by atoms with Crippen molar-refractivity contribution in [1.82, 2.24) is 4.98 Å². The highest BCUT2D eigenvalue weighted by atomic mass is 19.4. The molecule has 68 valence electrons. The average Bonchev–Trinajstić information content (AvgIpc) is 2.48. The predicted molar refractivity (Wildman–Crippen MR) is 40.3 cm³/mol. The number of alkyl halides is 3. The zero-order chi connectivity index (χ0) is 9.47. The van der Waals surface area contributed by atoms with Crippen LogP contribution in [0, 0.1) is 6.67 Å². The van der Waals surface area contributed by atoms with Gasteiger partial charge in [0.1, 0.15) is 0 Å². The third-order valence-corrected chi connectivity index (χ3v) is 1.63. The summed E-state index contributed by atoms with van der Waals surface area (Å²) in [6.45, 7) is 2.08. The largest absolute Gasteiger partial charge is 0.433 e. The summed E-state index contributed by atoms with van der Waals surface area (Å²) in [4.78, 5) is 5.68. The van der Waals surface area contributed by atoms with Gasteiger partial charge < -0.3 is 10.3 Å². The number of nitrogens with one attached hydrogen (secondary N) is 2. The Hall–Kier alpha value is -1.46. The number of hydrogen-bond acceptors (Lipinski definition) is 2. The fourth-order valence-corrected chi connectivity index (χ4v) is 1.08. The van der Waals surface area contributed by atoms with E-state index in [2.05, 4.69) is 22.0 Å². The lowest BCUT2D eigenvalue weighted by molar-refractivity contribution is -0.0581. The second-order valence-corrected chi connectivity index (χ2v) is 2.48. The second kappa shape index (κ2) is 2.51. The predicted octanol–water partition coefficient (Wildman–Crippen LogP) is 1.79. The summed E-state index contributed by atoms with van der Waals surface area (Å²) in [6, 6.07) is 0. The van der Waals surface area contributed by atoms with Crippen LogP contribution in [0.1, 0.15) is 5.56 Å². The minimum Gasteiger partial charge on any atom is -0.365 e. The molecule has 0 fully saturated rings. The van der Waals surface area contributed by atoms with Crippen LogP contribution in [-0.2, 0) is 0 Å². The van der Waals surface area contributed by atoms with Crippen LogP contribution in [-0.4, -0.2) is 16.9 Å². The van der Waals surface area contributed by atoms with Crippen molar-refractivity contribution in [1.29, 1.82) is 0 Å². The third-order valence-electron chi connectivity index (χ3n) is 1.63. The molecule has 13 heavy (non-hydrogen) atoms. The molecule has 0 amide bonds. The normalized spacial score (nSPS) is 16.1. The van der Waals surface area contributed by atoms with E-state index in [4.69, 9.17) is 0 Å². The Morgan fingerprint density at radius 3 is 2.77 bits per heavy atom. The van der Waals surface area contributed by atoms with E-state index in [1.807, 2.05) is 0 Å². The number of fused-ring (bicyclic) bond motifs is 1. The van der Waals surface area contributed by atoms with Crippen molar-refractivity contribution in [3.8, 4) is 0 Å². The molecule has 0 aliphatic carbocycles. The smallest absolute Gasteiger partial charge is 0.365 e. The van der Waals surface area contributed by atoms with Crippen molar-refractivity contribution >= 4 is 11.4 Å². The standard InChI is InChI=1S/C7H4F3N3/c8-7(9,10)6-4-1-11-2-5(4)12-3-13-6/h1-2,11-12H. The van der Waals surface area contributed by atoms with Crippen LogP contribution >= 0.6 is 0 Å². The molecule has 0 spiro atoms. The molecule has 1 aliphatic heterocycles. The number of H-pyrrole nitrogens is 1. The third kappa shape index (κ3) is 1.28. The molecular formula is C7H4F3N3. The first-order valence-electron chi connectivity index (χ1n) is 3.42. The fraction of sp³-hybridized carbons (Fsp3) is 0.143. The van der Waals surface area contributed by atoms with Gasteiger partial charge in [0.25, 0.3) is 0 Å². The van der Waals surface area contributed by atoms with Gasteiger partial charge in [0, 0.05) is 18.0 Å². The molecule has 0 saturated heterocycles. The molecule has 2 radical (unpaired) electrons. The lowest BCUT2D eigenvalue weighted by atomic mass is 10.1. The topological polar surface area (TPSA) is 40.2 Å². The summed E-state index contributed by atoms with van der Waals surface area (Å²) >= 11 is 0. The number of aromatic amines is 1. The summed E-state index contributed by atoms with van der Waals surface area (Å²) in [6.07, 6.45) is -1.77. The number of aliphatic imine (C=N–C) groups is 1. The van der Waals surface area contributed by atoms with Gasteiger partial charge in [-0.15, -0.1) is 0 Å². The van der Waals surface area contributed by atoms with Gasteiger partial charge in [-0.05, 0) is 0 Å². The van der Waals surface area contributed by atoms with Crippen LogP contribution in [0.5, 0.6) is 0 Å². The van der Waals surface area contributed by atoms with E-state index in [0.717, 1.165) is 0 Å². The Kier molecular flexibility index (Phi) is 1.58. The van der Waals surface area contributed by atoms with Crippen LogP contribution in [0.4, 0.5) is 18.9 Å². The molecule has 6 heteroatoms. The van der Waals surface area contributed by atoms with Gasteiger partial charge in [-0.25, -0.2) is 4.99 Å². The summed E-state index contributed by atoms with van der Waals surface area (Å²) in [5.74, 6) is 0. The molecule has 0 unspecified atom stereocenters. The van der Waals surface area contributed by atoms with Crippen LogP contribution in [0.2, 0.25) is 0 Å². The highest BCUT2D eigenvalue weighted by molar-refractivity contribution is 6.09. The van der Waals surface area contributed by atoms with Gasteiger partial charge in [-0.1, -0.05) is 0 Å². The Bertz CT molecular complexity index is 350. The Labute approximate surface area is 71.7 Å². The summed E-state index contributed by atoms with van der Waals surface area (Å²) in [5.41, 5.74) is -0.573. The maximum atomic E-state index is 12.3. The van der Waals surface area contributed by atoms with Gasteiger partial charge in [0.15, 0.2) is 5.71 Å². The first-order valence-corrected chi connectivity index (χ1v) is 3.42. The minimum atomic E-state index is -4.44. The molecule has 2 N–H and O–H groups in total. The van der Waals surface area contributed by atoms with E-state index in [1.54, 1.807) is 0 Å². The second-order valence-electron chi connectivity index (χ2n) is 2.48. The van der Waals surface area contributed by atoms with Crippen LogP contribution < -0.4 is 5.32 Å². The van der Waals surface area contributed by atoms with Crippen molar-refractivity contribution in [3.05, 3.63) is 24.6 Å². The Morgan fingerprint density at radius 2 is 2.08 bits per heavy atom. The zero-order valence-electron chi connectivity index (χ0n) is 6.24. The number of hydrogen-bond donors (Lipinski definition) is 2. The van der Waals surface area contributed by atoms with Crippen LogP contribution in [0.15, 0.2) is 17.4 Å². The van der Waals surface area contributed by atoms with Gasteiger partial charge in [-0.2, -0.15) is 13.2 Å². The lowest BCUT2D eigenvalue weighted by Gasteiger charge is -2.15. The quantitative estimate of drug-likeness (QED) is 0.638. The highest BCUT2D eigenvalue weighted by Crippen LogP contribution is 2.29. The monoisotopic (exact) mass is 187 g/mol. The summed E-state index contributed by atoms with van der Waals surface area (Å²) in [5, 5.41) is 2.48. The Morgan fingerprint density at radius 1 is 1.31 bits per heavy atom. The van der Waals surface area contributed by atoms with Crippen molar-refractivity contribution in [2.45, 2.75) is 6.18 Å². The molecule has 2 rings (SSSR count). The average molecular weight is 187 g/mol. The maximum Gasteiger partial charge on any atom is 0.433 e. The number of aromatic nitrogens is 1. The number of anilines is 1. The molecule has 0 atom stereocenters. The van der Waals surface area contributed by atoms with E-state index in [1.165, 1.54) is 12.4 Å². The van der Waals surface area contributed by atoms with E-state index in [0.29, 0.717) is 5.69 Å². The molecule has 2 heterocycles. The molecular weight excluding hydrogens is 183 g/mol. The first-order chi connectivity index (χ1) is 6.09. The van der Waals surface area contributed by atoms with Gasteiger partial charge in [-0.3, -0.25) is 0 Å². The van der Waals surface area contributed by atoms with Crippen molar-refractivity contribution in [2.75, 3.05) is 5.32 Å². The maximum absolute atomic E-state index is 12.3. The van der Waals surface area contributed by atoms with E-state index in [-0.39, 0.29) is 5.56 Å². The lowest BCUT2D eigenvalue weighted by Crippen LogP contribution is -2.27. The molecule has 0 bridgehead atoms.